The smallest absolute Gasteiger partial charge is 0.343 e. The number of aromatic nitrogens is 4. The molecule has 0 unspecified atom stereocenters. The predicted molar refractivity (Wildman–Crippen MR) is 119 cm³/mol. The molecule has 7 heteroatoms. The zero-order valence-corrected chi connectivity index (χ0v) is 17.8. The van der Waals surface area contributed by atoms with Crippen molar-refractivity contribution < 1.29 is 14.3 Å². The van der Waals surface area contributed by atoms with Gasteiger partial charge in [-0.3, -0.25) is 0 Å². The van der Waals surface area contributed by atoms with E-state index in [2.05, 4.69) is 44.4 Å². The summed E-state index contributed by atoms with van der Waals surface area (Å²) in [4.78, 5) is 12.9. The fourth-order valence-corrected chi connectivity index (χ4v) is 3.47. The molecule has 0 aliphatic heterocycles. The van der Waals surface area contributed by atoms with Crippen molar-refractivity contribution in [3.05, 3.63) is 107 Å². The molecule has 0 amide bonds. The van der Waals surface area contributed by atoms with E-state index in [4.69, 9.17) is 4.74 Å². The maximum atomic E-state index is 11.3. The second-order valence-corrected chi connectivity index (χ2v) is 7.26. The zero-order chi connectivity index (χ0) is 22.2. The number of ether oxygens (including phenoxy) is 2. The van der Waals surface area contributed by atoms with Crippen molar-refractivity contribution >= 4 is 5.97 Å². The van der Waals surface area contributed by atoms with Gasteiger partial charge in [0.1, 0.15) is 5.75 Å². The molecule has 4 rings (SSSR count). The molecule has 0 saturated heterocycles. The number of tetrazole rings is 1. The zero-order valence-electron chi connectivity index (χ0n) is 17.8. The molecule has 0 aliphatic rings. The van der Waals surface area contributed by atoms with Crippen LogP contribution >= 0.6 is 0 Å². The van der Waals surface area contributed by atoms with Crippen molar-refractivity contribution in [1.29, 1.82) is 0 Å². The van der Waals surface area contributed by atoms with E-state index in [0.717, 1.165) is 16.7 Å². The molecule has 0 spiro atoms. The Morgan fingerprint density at radius 1 is 0.938 bits per heavy atom. The molecule has 162 valence electrons. The van der Waals surface area contributed by atoms with Crippen molar-refractivity contribution in [3.63, 3.8) is 0 Å². The minimum atomic E-state index is -0.416. The lowest BCUT2D eigenvalue weighted by Crippen LogP contribution is -2.12. The highest BCUT2D eigenvalue weighted by atomic mass is 16.6. The third-order valence-corrected chi connectivity index (χ3v) is 5.08. The molecule has 0 saturated carbocycles. The molecule has 0 aliphatic carbocycles. The highest BCUT2D eigenvalue weighted by Crippen LogP contribution is 2.29. The van der Waals surface area contributed by atoms with E-state index < -0.39 is 5.97 Å². The molecule has 1 heterocycles. The molecule has 1 aromatic heterocycles. The number of carbonyl (C=O) groups is 1. The van der Waals surface area contributed by atoms with Crippen molar-refractivity contribution in [2.24, 2.45) is 0 Å². The third-order valence-electron chi connectivity index (χ3n) is 5.08. The number of rotatable bonds is 9. The van der Waals surface area contributed by atoms with E-state index in [1.807, 2.05) is 60.7 Å². The number of hydrogen-bond donors (Lipinski definition) is 0. The van der Waals surface area contributed by atoms with Gasteiger partial charge in [0.25, 0.3) is 0 Å². The lowest BCUT2D eigenvalue weighted by atomic mass is 9.91. The average molecular weight is 428 g/mol. The van der Waals surface area contributed by atoms with Crippen LogP contribution in [0.1, 0.15) is 28.4 Å². The average Bonchev–Trinajstić information content (AvgIpc) is 3.31. The summed E-state index contributed by atoms with van der Waals surface area (Å²) >= 11 is 0. The van der Waals surface area contributed by atoms with Crippen LogP contribution in [0.2, 0.25) is 0 Å². The summed E-state index contributed by atoms with van der Waals surface area (Å²) in [5.41, 5.74) is 3.29. The minimum absolute atomic E-state index is 0.0822. The lowest BCUT2D eigenvalue weighted by Gasteiger charge is -2.14. The fraction of sp³-hybridized carbons (Fsp3) is 0.200. The number of benzene rings is 3. The topological polar surface area (TPSA) is 79.1 Å². The van der Waals surface area contributed by atoms with Crippen LogP contribution in [0.25, 0.3) is 0 Å². The highest BCUT2D eigenvalue weighted by Gasteiger charge is 2.21. The quantitative estimate of drug-likeness (QED) is 0.379. The number of carbonyl (C=O) groups excluding carboxylic acids is 1. The summed E-state index contributed by atoms with van der Waals surface area (Å²) in [6.07, 6.45) is 0.701. The second kappa shape index (κ2) is 10.3. The van der Waals surface area contributed by atoms with E-state index in [1.165, 1.54) is 7.11 Å². The van der Waals surface area contributed by atoms with Gasteiger partial charge >= 0.3 is 5.97 Å². The Labute approximate surface area is 186 Å². The maximum absolute atomic E-state index is 11.3. The van der Waals surface area contributed by atoms with Crippen LogP contribution in [0.5, 0.6) is 5.75 Å². The monoisotopic (exact) mass is 428 g/mol. The first-order chi connectivity index (χ1) is 15.7. The van der Waals surface area contributed by atoms with Crippen LogP contribution in [-0.2, 0) is 22.5 Å². The predicted octanol–water partition coefficient (Wildman–Crippen LogP) is 3.65. The SMILES string of the molecule is COC(=O)COc1cccc(CCn2nnc(C(c3ccccc3)c3ccccc3)n2)c1. The summed E-state index contributed by atoms with van der Waals surface area (Å²) in [5, 5.41) is 13.3. The third kappa shape index (κ3) is 5.37. The normalized spacial score (nSPS) is 10.8. The molecule has 0 radical (unpaired) electrons. The van der Waals surface area contributed by atoms with E-state index in [1.54, 1.807) is 4.80 Å². The molecule has 3 aromatic carbocycles. The van der Waals surface area contributed by atoms with Crippen molar-refractivity contribution in [2.45, 2.75) is 18.9 Å². The number of methoxy groups -OCH3 is 1. The molecule has 32 heavy (non-hydrogen) atoms. The van der Waals surface area contributed by atoms with E-state index >= 15 is 0 Å². The van der Waals surface area contributed by atoms with Crippen LogP contribution in [0.4, 0.5) is 0 Å². The number of esters is 1. The standard InChI is InChI=1S/C25H24N4O3/c1-31-23(30)18-32-22-14-8-9-19(17-22)15-16-29-27-25(26-28-29)24(20-10-4-2-5-11-20)21-12-6-3-7-13-21/h2-14,17,24H,15-16,18H2,1H3. The summed E-state index contributed by atoms with van der Waals surface area (Å²) in [6.45, 7) is 0.456. The van der Waals surface area contributed by atoms with Gasteiger partial charge in [-0.2, -0.15) is 4.80 Å². The van der Waals surface area contributed by atoms with E-state index in [0.29, 0.717) is 24.5 Å². The molecule has 7 nitrogen and oxygen atoms in total. The first-order valence-corrected chi connectivity index (χ1v) is 10.4. The summed E-state index contributed by atoms with van der Waals surface area (Å²) in [5.74, 6) is 0.785. The minimum Gasteiger partial charge on any atom is -0.482 e. The molecule has 0 atom stereocenters. The summed E-state index contributed by atoms with van der Waals surface area (Å²) < 4.78 is 10.1. The van der Waals surface area contributed by atoms with Gasteiger partial charge in [-0.05, 0) is 40.5 Å². The van der Waals surface area contributed by atoms with Gasteiger partial charge in [0.15, 0.2) is 12.4 Å². The van der Waals surface area contributed by atoms with Gasteiger partial charge < -0.3 is 9.47 Å². The highest BCUT2D eigenvalue weighted by molar-refractivity contribution is 5.70. The molecular formula is C25H24N4O3. The van der Waals surface area contributed by atoms with Gasteiger partial charge in [0.05, 0.1) is 19.6 Å². The maximum Gasteiger partial charge on any atom is 0.343 e. The Bertz CT molecular complexity index is 1110. The molecule has 0 fully saturated rings. The molecule has 0 N–H and O–H groups in total. The van der Waals surface area contributed by atoms with Crippen LogP contribution in [0.15, 0.2) is 84.9 Å². The Kier molecular flexibility index (Phi) is 6.87. The van der Waals surface area contributed by atoms with Gasteiger partial charge in [0.2, 0.25) is 0 Å². The Hall–Kier alpha value is -4.00. The summed E-state index contributed by atoms with van der Waals surface area (Å²) in [6, 6.07) is 28.0. The fourth-order valence-electron chi connectivity index (χ4n) is 3.47. The Morgan fingerprint density at radius 2 is 1.62 bits per heavy atom. The van der Waals surface area contributed by atoms with Crippen molar-refractivity contribution in [2.75, 3.05) is 13.7 Å². The number of hydrogen-bond acceptors (Lipinski definition) is 6. The van der Waals surface area contributed by atoms with E-state index in [-0.39, 0.29) is 12.5 Å². The number of aryl methyl sites for hydroxylation is 2. The van der Waals surface area contributed by atoms with Crippen LogP contribution in [0, 0.1) is 0 Å². The van der Waals surface area contributed by atoms with Crippen LogP contribution < -0.4 is 4.74 Å². The second-order valence-electron chi connectivity index (χ2n) is 7.26. The lowest BCUT2D eigenvalue weighted by molar-refractivity contribution is -0.142. The van der Waals surface area contributed by atoms with Gasteiger partial charge in [-0.25, -0.2) is 4.79 Å². The largest absolute Gasteiger partial charge is 0.482 e. The first-order valence-electron chi connectivity index (χ1n) is 10.4. The Balaban J connectivity index is 1.47. The Morgan fingerprint density at radius 3 is 2.28 bits per heavy atom. The number of nitrogens with zero attached hydrogens (tertiary/aromatic N) is 4. The van der Waals surface area contributed by atoms with Crippen molar-refractivity contribution in [1.82, 2.24) is 20.2 Å². The van der Waals surface area contributed by atoms with Gasteiger partial charge in [-0.15, -0.1) is 10.2 Å². The van der Waals surface area contributed by atoms with Gasteiger partial charge in [-0.1, -0.05) is 72.8 Å². The molecule has 0 bridgehead atoms. The van der Waals surface area contributed by atoms with E-state index in [9.17, 15) is 4.79 Å². The summed E-state index contributed by atoms with van der Waals surface area (Å²) in [7, 11) is 1.33. The van der Waals surface area contributed by atoms with Gasteiger partial charge in [0, 0.05) is 0 Å². The van der Waals surface area contributed by atoms with Crippen LogP contribution in [0.3, 0.4) is 0 Å². The first kappa shape index (κ1) is 21.2. The molecule has 4 aromatic rings. The van der Waals surface area contributed by atoms with Crippen molar-refractivity contribution in [3.8, 4) is 5.75 Å². The van der Waals surface area contributed by atoms with Crippen LogP contribution in [-0.4, -0.2) is 39.9 Å². The molecular weight excluding hydrogens is 404 g/mol.